The van der Waals surface area contributed by atoms with E-state index in [4.69, 9.17) is 0 Å². The van der Waals surface area contributed by atoms with E-state index in [1.54, 1.807) is 0 Å². The molecule has 0 bridgehead atoms. The van der Waals surface area contributed by atoms with Crippen LogP contribution >= 0.6 is 0 Å². The number of hydrogen-bond acceptors (Lipinski definition) is 0. The van der Waals surface area contributed by atoms with Gasteiger partial charge in [-0.05, 0) is 55.4 Å². The fourth-order valence-electron chi connectivity index (χ4n) is 9.49. The number of aryl methyl sites for hydroxylation is 8. The molecule has 0 spiro atoms. The minimum atomic E-state index is -2.84. The standard InChI is InChI=1S/8C7H7.2Al.3K.H/c8*1-7-5-3-2-4-6-7;;;;;;/h4*3-6H,1H3;4*2-3,5-6H,1H3;;;;;;/q;;;;;;;;2*-1;3*+1;-1. The van der Waals surface area contributed by atoms with Crippen molar-refractivity contribution in [2.24, 2.45) is 0 Å². The molecule has 8 aromatic rings. The van der Waals surface area contributed by atoms with Gasteiger partial charge in [-0.25, -0.2) is 35.4 Å². The molecule has 0 N–H and O–H groups in total. The van der Waals surface area contributed by atoms with Crippen LogP contribution in [0.25, 0.3) is 0 Å². The maximum Gasteiger partial charge on any atom is 1.00 e. The van der Waals surface area contributed by atoms with Crippen molar-refractivity contribution in [3.63, 3.8) is 0 Å². The Morgan fingerprint density at radius 3 is 0.574 bits per heavy atom. The first kappa shape index (κ1) is 53.3. The molecule has 0 aliphatic heterocycles. The summed E-state index contributed by atoms with van der Waals surface area (Å²) in [5.74, 6) is 0. The molecule has 0 aliphatic carbocycles. The van der Waals surface area contributed by atoms with Crippen molar-refractivity contribution < 1.29 is 156 Å². The molecule has 0 atom stereocenters. The van der Waals surface area contributed by atoms with E-state index < -0.39 is 26.2 Å². The second-order valence-electron chi connectivity index (χ2n) is 17.0. The Kier molecular flexibility index (Phi) is 21.4. The van der Waals surface area contributed by atoms with Gasteiger partial charge < -0.3 is 1.43 Å². The van der Waals surface area contributed by atoms with Crippen molar-refractivity contribution in [1.29, 1.82) is 0 Å². The zero-order chi connectivity index (χ0) is 40.9. The summed E-state index contributed by atoms with van der Waals surface area (Å²) in [6.07, 6.45) is 0. The Bertz CT molecular complexity index is 2260. The summed E-state index contributed by atoms with van der Waals surface area (Å²) in [6, 6.07) is 73.8. The van der Waals surface area contributed by atoms with Crippen LogP contribution in [0.2, 0.25) is 0 Å². The first-order valence-electron chi connectivity index (χ1n) is 20.9. The van der Waals surface area contributed by atoms with Gasteiger partial charge in [0.2, 0.25) is 0 Å². The molecule has 8 rings (SSSR count). The van der Waals surface area contributed by atoms with E-state index >= 15 is 0 Å². The summed E-state index contributed by atoms with van der Waals surface area (Å²) in [5, 5.41) is 0. The largest absolute Gasteiger partial charge is 1.00 e. The third-order valence-corrected chi connectivity index (χ3v) is 23.5. The maximum atomic E-state index is 2.41. The Morgan fingerprint density at radius 1 is 0.213 bits per heavy atom. The van der Waals surface area contributed by atoms with Gasteiger partial charge in [-0.2, -0.15) is 0 Å². The minimum absolute atomic E-state index is 0. The zero-order valence-corrected chi connectivity index (χ0v) is 50.3. The van der Waals surface area contributed by atoms with Crippen molar-refractivity contribution in [2.45, 2.75) is 55.4 Å². The molecule has 8 aromatic carbocycles. The molecule has 0 fully saturated rings. The summed E-state index contributed by atoms with van der Waals surface area (Å²) in [5.41, 5.74) is 10.5. The molecular weight excluding hydrogens is 844 g/mol. The molecule has 0 nitrogen and oxygen atoms in total. The molecule has 290 valence electrons. The summed E-state index contributed by atoms with van der Waals surface area (Å²) in [4.78, 5) is 0. The molecule has 61 heavy (non-hydrogen) atoms. The van der Waals surface area contributed by atoms with Crippen LogP contribution in [0.5, 0.6) is 0 Å². The topological polar surface area (TPSA) is 0 Å². The second-order valence-corrected chi connectivity index (χ2v) is 25.8. The summed E-state index contributed by atoms with van der Waals surface area (Å²) in [6.45, 7) is 17.5. The fourth-order valence-corrected chi connectivity index (χ4v) is 20.8. The van der Waals surface area contributed by atoms with E-state index in [2.05, 4.69) is 250 Å². The molecule has 0 radical (unpaired) electrons. The van der Waals surface area contributed by atoms with Crippen LogP contribution in [0.15, 0.2) is 194 Å². The fraction of sp³-hybridized carbons (Fsp3) is 0.143. The Hall–Kier alpha value is -0.266. The van der Waals surface area contributed by atoms with Gasteiger partial charge in [0.25, 0.3) is 26.2 Å². The first-order valence-corrected chi connectivity index (χ1v) is 25.5. The van der Waals surface area contributed by atoms with Gasteiger partial charge in [0, 0.05) is 0 Å². The van der Waals surface area contributed by atoms with E-state index in [1.165, 1.54) is 79.9 Å². The van der Waals surface area contributed by atoms with Gasteiger partial charge in [-0.1, -0.05) is 142 Å². The van der Waals surface area contributed by atoms with Gasteiger partial charge in [-0.15, -0.1) is 97.1 Å². The molecule has 0 heterocycles. The van der Waals surface area contributed by atoms with Crippen molar-refractivity contribution >= 4 is 61.6 Å². The van der Waals surface area contributed by atoms with Gasteiger partial charge in [0.05, 0.1) is 0 Å². The van der Waals surface area contributed by atoms with Crippen LogP contribution in [0, 0.1) is 55.4 Å². The van der Waals surface area contributed by atoms with Crippen LogP contribution < -0.4 is 190 Å². The summed E-state index contributed by atoms with van der Waals surface area (Å²) in [7, 11) is 0. The monoisotopic (exact) mass is 900 g/mol. The average molecular weight is 901 g/mol. The predicted octanol–water partition coefficient (Wildman–Crippen LogP) is -0.280. The number of hydrogen-bond donors (Lipinski definition) is 0. The average Bonchev–Trinajstić information content (AvgIpc) is 3.21. The maximum absolute atomic E-state index is 2.84. The Balaban J connectivity index is 0.000000310. The molecule has 0 aromatic heterocycles. The summed E-state index contributed by atoms with van der Waals surface area (Å²) >= 11 is -5.64. The minimum Gasteiger partial charge on any atom is -1.00 e. The van der Waals surface area contributed by atoms with Crippen molar-refractivity contribution in [3.05, 3.63) is 239 Å². The molecule has 0 unspecified atom stereocenters. The smallest absolute Gasteiger partial charge is 1.00 e. The van der Waals surface area contributed by atoms with Crippen molar-refractivity contribution in [3.8, 4) is 0 Å². The van der Waals surface area contributed by atoms with Crippen LogP contribution in [-0.2, 0) is 0 Å². The SMILES string of the molecule is Cc1cc[c]([Al-]([c]2ccc(C)cc2)([c]2ccc(C)cc2)[c]2ccc(C)cc2)cc1.Cc1ccc[c]([Al-]([c]2cccc(C)c2)([c]2cccc(C)c2)[c]2cccc(C)c2)c1.[H-].[K+].[K+].[K+]. The van der Waals surface area contributed by atoms with Crippen molar-refractivity contribution in [2.75, 3.05) is 0 Å². The zero-order valence-electron chi connectivity index (χ0n) is 39.6. The molecular formula is C56H57Al2K3. The molecule has 5 heteroatoms. The quantitative estimate of drug-likeness (QED) is 0.185. The molecule has 0 aliphatic rings. The van der Waals surface area contributed by atoms with E-state index in [9.17, 15) is 0 Å². The predicted molar refractivity (Wildman–Crippen MR) is 259 cm³/mol. The van der Waals surface area contributed by atoms with E-state index in [1.807, 2.05) is 0 Å². The number of benzene rings is 8. The Morgan fingerprint density at radius 2 is 0.393 bits per heavy atom. The van der Waals surface area contributed by atoms with E-state index in [-0.39, 0.29) is 156 Å². The van der Waals surface area contributed by atoms with Gasteiger partial charge in [-0.3, -0.25) is 0 Å². The summed E-state index contributed by atoms with van der Waals surface area (Å²) < 4.78 is 11.7. The van der Waals surface area contributed by atoms with Crippen LogP contribution in [0.3, 0.4) is 0 Å². The van der Waals surface area contributed by atoms with Crippen LogP contribution in [0.4, 0.5) is 0 Å². The van der Waals surface area contributed by atoms with Gasteiger partial charge >= 0.3 is 154 Å². The molecule has 0 amide bonds. The third kappa shape index (κ3) is 12.2. The normalized spacial score (nSPS) is 10.9. The van der Waals surface area contributed by atoms with Crippen LogP contribution in [0.1, 0.15) is 45.9 Å². The Labute approximate surface area is 501 Å². The van der Waals surface area contributed by atoms with Gasteiger partial charge in [0.15, 0.2) is 0 Å². The molecule has 0 saturated carbocycles. The second kappa shape index (κ2) is 24.5. The van der Waals surface area contributed by atoms with E-state index in [0.29, 0.717) is 0 Å². The molecule has 0 saturated heterocycles. The number of rotatable bonds is 8. The van der Waals surface area contributed by atoms with Crippen LogP contribution in [-0.4, -0.2) is 26.2 Å². The first-order chi connectivity index (χ1) is 28.0. The van der Waals surface area contributed by atoms with Gasteiger partial charge in [0.1, 0.15) is 0 Å². The van der Waals surface area contributed by atoms with Crippen molar-refractivity contribution in [1.82, 2.24) is 0 Å². The van der Waals surface area contributed by atoms with E-state index in [0.717, 1.165) is 0 Å². The third-order valence-electron chi connectivity index (χ3n) is 12.5.